The average molecular weight is 332 g/mol. The van der Waals surface area contributed by atoms with Crippen LogP contribution in [-0.4, -0.2) is 30.0 Å². The number of aryl methyl sites for hydroxylation is 1. The van der Waals surface area contributed by atoms with Crippen molar-refractivity contribution in [2.45, 2.75) is 39.8 Å². The fraction of sp³-hybridized carbons (Fsp3) is 0.444. The van der Waals surface area contributed by atoms with Crippen molar-refractivity contribution in [1.82, 2.24) is 10.3 Å². The van der Waals surface area contributed by atoms with Crippen LogP contribution in [0.25, 0.3) is 10.6 Å². The van der Waals surface area contributed by atoms with E-state index in [1.807, 2.05) is 27.8 Å². The lowest BCUT2D eigenvalue weighted by Crippen LogP contribution is -3.09. The van der Waals surface area contributed by atoms with Crippen LogP contribution >= 0.6 is 11.3 Å². The zero-order valence-corrected chi connectivity index (χ0v) is 15.4. The molecule has 1 unspecified atom stereocenters. The normalized spacial score (nSPS) is 12.9. The van der Waals surface area contributed by atoms with E-state index in [1.165, 1.54) is 5.56 Å². The molecule has 124 valence electrons. The summed E-state index contributed by atoms with van der Waals surface area (Å²) >= 11 is 1.65. The molecule has 23 heavy (non-hydrogen) atoms. The van der Waals surface area contributed by atoms with Gasteiger partial charge in [-0.2, -0.15) is 0 Å². The largest absolute Gasteiger partial charge is 0.347 e. The Kier molecular flexibility index (Phi) is 5.55. The van der Waals surface area contributed by atoms with Crippen molar-refractivity contribution >= 4 is 17.2 Å². The van der Waals surface area contributed by atoms with Gasteiger partial charge in [-0.05, 0) is 27.7 Å². The fourth-order valence-electron chi connectivity index (χ4n) is 2.33. The van der Waals surface area contributed by atoms with Crippen LogP contribution in [0.4, 0.5) is 0 Å². The van der Waals surface area contributed by atoms with Gasteiger partial charge in [0, 0.05) is 16.5 Å². The summed E-state index contributed by atoms with van der Waals surface area (Å²) in [5.74, 6) is 0.0731. The highest BCUT2D eigenvalue weighted by molar-refractivity contribution is 7.13. The van der Waals surface area contributed by atoms with Gasteiger partial charge in [0.05, 0.1) is 7.05 Å². The molecule has 0 fully saturated rings. The topological polar surface area (TPSA) is 46.4 Å². The van der Waals surface area contributed by atoms with E-state index < -0.39 is 0 Å². The Morgan fingerprint density at radius 3 is 2.52 bits per heavy atom. The van der Waals surface area contributed by atoms with Gasteiger partial charge in [0.2, 0.25) is 0 Å². The highest BCUT2D eigenvalue weighted by atomic mass is 32.1. The molecule has 1 amide bonds. The molecule has 1 atom stereocenters. The minimum Gasteiger partial charge on any atom is -0.347 e. The highest BCUT2D eigenvalue weighted by Gasteiger charge is 2.18. The maximum Gasteiger partial charge on any atom is 0.275 e. The van der Waals surface area contributed by atoms with Crippen LogP contribution in [0.2, 0.25) is 0 Å². The first kappa shape index (κ1) is 17.6. The van der Waals surface area contributed by atoms with Crippen LogP contribution < -0.4 is 10.2 Å². The first-order valence-electron chi connectivity index (χ1n) is 7.87. The van der Waals surface area contributed by atoms with Gasteiger partial charge in [0.15, 0.2) is 6.54 Å². The number of hydrogen-bond acceptors (Lipinski definition) is 3. The third kappa shape index (κ3) is 5.77. The third-order valence-electron chi connectivity index (χ3n) is 3.31. The van der Waals surface area contributed by atoms with E-state index in [0.717, 1.165) is 27.7 Å². The number of thiazole rings is 1. The second kappa shape index (κ2) is 7.23. The number of amides is 1. The summed E-state index contributed by atoms with van der Waals surface area (Å²) in [5, 5.41) is 6.11. The van der Waals surface area contributed by atoms with Crippen molar-refractivity contribution in [3.8, 4) is 10.6 Å². The second-order valence-corrected chi connectivity index (χ2v) is 7.98. The number of quaternary nitrogens is 1. The second-order valence-electron chi connectivity index (χ2n) is 7.12. The highest BCUT2D eigenvalue weighted by Crippen LogP contribution is 2.23. The van der Waals surface area contributed by atoms with Crippen LogP contribution in [0.15, 0.2) is 29.6 Å². The summed E-state index contributed by atoms with van der Waals surface area (Å²) in [6.45, 7) is 9.27. The van der Waals surface area contributed by atoms with E-state index in [4.69, 9.17) is 4.98 Å². The first-order valence-corrected chi connectivity index (χ1v) is 8.75. The SMILES string of the molecule is Cc1ccc(-c2nc(C[NH+](C)CC(=O)NC(C)(C)C)cs2)cc1. The zero-order valence-electron chi connectivity index (χ0n) is 14.6. The molecule has 0 saturated heterocycles. The van der Waals surface area contributed by atoms with E-state index in [9.17, 15) is 4.79 Å². The Bertz CT molecular complexity index is 656. The number of benzene rings is 1. The molecule has 4 nitrogen and oxygen atoms in total. The molecule has 0 aliphatic carbocycles. The van der Waals surface area contributed by atoms with Gasteiger partial charge < -0.3 is 10.2 Å². The van der Waals surface area contributed by atoms with Gasteiger partial charge >= 0.3 is 0 Å². The van der Waals surface area contributed by atoms with Gasteiger partial charge in [-0.15, -0.1) is 11.3 Å². The maximum absolute atomic E-state index is 12.0. The lowest BCUT2D eigenvalue weighted by atomic mass is 10.1. The number of likely N-dealkylation sites (N-methyl/N-ethyl adjacent to an activating group) is 1. The van der Waals surface area contributed by atoms with Crippen LogP contribution in [0.3, 0.4) is 0 Å². The Morgan fingerprint density at radius 2 is 1.91 bits per heavy atom. The summed E-state index contributed by atoms with van der Waals surface area (Å²) < 4.78 is 0. The molecule has 5 heteroatoms. The van der Waals surface area contributed by atoms with Crippen molar-refractivity contribution < 1.29 is 9.69 Å². The molecular formula is C18H26N3OS+. The Balaban J connectivity index is 1.93. The molecule has 0 radical (unpaired) electrons. The minimum absolute atomic E-state index is 0.0731. The number of hydrogen-bond donors (Lipinski definition) is 2. The molecule has 0 bridgehead atoms. The van der Waals surface area contributed by atoms with Crippen LogP contribution in [0, 0.1) is 6.92 Å². The number of rotatable bonds is 5. The van der Waals surface area contributed by atoms with Gasteiger partial charge in [0.25, 0.3) is 5.91 Å². The monoisotopic (exact) mass is 332 g/mol. The molecule has 2 aromatic rings. The van der Waals surface area contributed by atoms with Gasteiger partial charge in [-0.25, -0.2) is 4.98 Å². The minimum atomic E-state index is -0.184. The molecule has 1 aromatic carbocycles. The third-order valence-corrected chi connectivity index (χ3v) is 4.25. The quantitative estimate of drug-likeness (QED) is 0.880. The Labute approximate surface area is 142 Å². The van der Waals surface area contributed by atoms with Crippen molar-refractivity contribution in [2.24, 2.45) is 0 Å². The van der Waals surface area contributed by atoms with E-state index in [0.29, 0.717) is 6.54 Å². The Hall–Kier alpha value is -1.72. The van der Waals surface area contributed by atoms with E-state index in [1.54, 1.807) is 11.3 Å². The number of nitrogens with zero attached hydrogens (tertiary/aromatic N) is 1. The molecule has 0 saturated carbocycles. The van der Waals surface area contributed by atoms with Gasteiger partial charge in [0.1, 0.15) is 17.2 Å². The molecule has 1 aromatic heterocycles. The van der Waals surface area contributed by atoms with Crippen molar-refractivity contribution in [2.75, 3.05) is 13.6 Å². The van der Waals surface area contributed by atoms with Crippen LogP contribution in [-0.2, 0) is 11.3 Å². The Morgan fingerprint density at radius 1 is 1.26 bits per heavy atom. The average Bonchev–Trinajstić information content (AvgIpc) is 2.85. The summed E-state index contributed by atoms with van der Waals surface area (Å²) in [4.78, 5) is 17.8. The van der Waals surface area contributed by atoms with E-state index in [2.05, 4.69) is 41.9 Å². The molecule has 2 rings (SSSR count). The maximum atomic E-state index is 12.0. The molecule has 0 spiro atoms. The van der Waals surface area contributed by atoms with Crippen LogP contribution in [0.5, 0.6) is 0 Å². The number of aromatic nitrogens is 1. The number of carbonyl (C=O) groups excluding carboxylic acids is 1. The zero-order chi connectivity index (χ0) is 17.0. The van der Waals surface area contributed by atoms with E-state index >= 15 is 0 Å². The molecule has 2 N–H and O–H groups in total. The van der Waals surface area contributed by atoms with Crippen molar-refractivity contribution in [3.63, 3.8) is 0 Å². The standard InChI is InChI=1S/C18H25N3OS/c1-13-6-8-14(9-7-13)17-19-15(12-23-17)10-21(5)11-16(22)20-18(2,3)4/h6-9,12H,10-11H2,1-5H3,(H,20,22)/p+1. The summed E-state index contributed by atoms with van der Waals surface area (Å²) in [5.41, 5.74) is 3.25. The lowest BCUT2D eigenvalue weighted by Gasteiger charge is -2.21. The molecule has 0 aliphatic heterocycles. The molecule has 0 aliphatic rings. The smallest absolute Gasteiger partial charge is 0.275 e. The number of carbonyl (C=O) groups is 1. The van der Waals surface area contributed by atoms with E-state index in [-0.39, 0.29) is 11.4 Å². The predicted octanol–water partition coefficient (Wildman–Crippen LogP) is 2.05. The number of nitrogens with one attached hydrogen (secondary N) is 2. The summed E-state index contributed by atoms with van der Waals surface area (Å²) in [7, 11) is 2.02. The summed E-state index contributed by atoms with van der Waals surface area (Å²) in [6, 6.07) is 8.41. The lowest BCUT2D eigenvalue weighted by molar-refractivity contribution is -0.885. The van der Waals surface area contributed by atoms with Crippen molar-refractivity contribution in [3.05, 3.63) is 40.9 Å². The summed E-state index contributed by atoms with van der Waals surface area (Å²) in [6.07, 6.45) is 0. The van der Waals surface area contributed by atoms with Gasteiger partial charge in [-0.3, -0.25) is 4.79 Å². The molecule has 1 heterocycles. The van der Waals surface area contributed by atoms with Gasteiger partial charge in [-0.1, -0.05) is 29.8 Å². The molecular weight excluding hydrogens is 306 g/mol. The predicted molar refractivity (Wildman–Crippen MR) is 95.6 cm³/mol. The van der Waals surface area contributed by atoms with Crippen LogP contribution in [0.1, 0.15) is 32.0 Å². The van der Waals surface area contributed by atoms with Crippen molar-refractivity contribution in [1.29, 1.82) is 0 Å². The first-order chi connectivity index (χ1) is 10.7. The fourth-order valence-corrected chi connectivity index (χ4v) is 3.15.